The van der Waals surface area contributed by atoms with Gasteiger partial charge in [-0.25, -0.2) is 14.5 Å². The summed E-state index contributed by atoms with van der Waals surface area (Å²) in [7, 11) is 0. The fourth-order valence-electron chi connectivity index (χ4n) is 3.89. The van der Waals surface area contributed by atoms with Crippen molar-refractivity contribution in [1.29, 1.82) is 0 Å². The third-order valence-corrected chi connectivity index (χ3v) is 5.50. The Labute approximate surface area is 168 Å². The van der Waals surface area contributed by atoms with Crippen LogP contribution in [-0.4, -0.2) is 51.9 Å². The zero-order valence-corrected chi connectivity index (χ0v) is 16.0. The van der Waals surface area contributed by atoms with E-state index in [4.69, 9.17) is 5.11 Å². The molecular weight excluding hydrogens is 405 g/mol. The zero-order chi connectivity index (χ0) is 21.6. The van der Waals surface area contributed by atoms with Gasteiger partial charge in [-0.3, -0.25) is 4.68 Å². The number of carbonyl (C=O) groups is 1. The number of aromatic nitrogens is 6. The Morgan fingerprint density at radius 3 is 2.53 bits per heavy atom. The number of nitrogens with zero attached hydrogens (tertiary/aromatic N) is 6. The minimum Gasteiger partial charge on any atom is -0.492 e. The molecule has 0 aliphatic heterocycles. The van der Waals surface area contributed by atoms with E-state index in [0.717, 1.165) is 10.9 Å². The molecule has 160 valence electrons. The van der Waals surface area contributed by atoms with Crippen molar-refractivity contribution in [2.24, 2.45) is 11.8 Å². The second kappa shape index (κ2) is 7.26. The summed E-state index contributed by atoms with van der Waals surface area (Å²) in [5, 5.41) is 27.8. The highest BCUT2D eigenvalue weighted by atomic mass is 19.4. The van der Waals surface area contributed by atoms with Gasteiger partial charge < -0.3 is 10.2 Å². The molecule has 9 nitrogen and oxygen atoms in total. The first-order chi connectivity index (χ1) is 14.1. The fourth-order valence-corrected chi connectivity index (χ4v) is 3.89. The monoisotopic (exact) mass is 424 g/mol. The van der Waals surface area contributed by atoms with Crippen LogP contribution in [0.1, 0.15) is 41.7 Å². The molecule has 0 saturated heterocycles. The molecule has 2 N–H and O–H groups in total. The maximum Gasteiger partial charge on any atom is 0.391 e. The number of hydrogen-bond acceptors (Lipinski definition) is 6. The summed E-state index contributed by atoms with van der Waals surface area (Å²) in [5.41, 5.74) is 1.12. The highest BCUT2D eigenvalue weighted by Gasteiger charge is 2.41. The normalized spacial score (nSPS) is 20.0. The highest BCUT2D eigenvalue weighted by molar-refractivity contribution is 5.87. The first-order valence-corrected chi connectivity index (χ1v) is 9.42. The van der Waals surface area contributed by atoms with Gasteiger partial charge in [0.1, 0.15) is 11.0 Å². The summed E-state index contributed by atoms with van der Waals surface area (Å²) in [4.78, 5) is 19.4. The molecule has 0 atom stereocenters. The van der Waals surface area contributed by atoms with Crippen LogP contribution in [-0.2, 0) is 6.54 Å². The molecule has 1 aliphatic rings. The van der Waals surface area contributed by atoms with E-state index >= 15 is 0 Å². The average molecular weight is 424 g/mol. The third-order valence-electron chi connectivity index (χ3n) is 5.50. The number of carboxylic acid groups (broad SMARTS) is 1. The molecule has 1 saturated carbocycles. The maximum atomic E-state index is 12.9. The summed E-state index contributed by atoms with van der Waals surface area (Å²) in [5.74, 6) is -2.77. The molecule has 0 amide bonds. The fraction of sp³-hybridized carbons (Fsp3) is 0.500. The van der Waals surface area contributed by atoms with E-state index in [2.05, 4.69) is 20.2 Å². The molecule has 1 aliphatic carbocycles. The molecule has 0 aromatic carbocycles. The van der Waals surface area contributed by atoms with E-state index in [9.17, 15) is 23.1 Å². The second-order valence-electron chi connectivity index (χ2n) is 7.55. The number of rotatable bonds is 4. The van der Waals surface area contributed by atoms with E-state index in [-0.39, 0.29) is 36.2 Å². The van der Waals surface area contributed by atoms with Gasteiger partial charge in [0.05, 0.1) is 23.4 Å². The second-order valence-corrected chi connectivity index (χ2v) is 7.55. The Balaban J connectivity index is 1.59. The Morgan fingerprint density at radius 1 is 1.23 bits per heavy atom. The molecule has 0 bridgehead atoms. The Hall–Kier alpha value is -3.18. The Kier molecular flexibility index (Phi) is 4.86. The maximum absolute atomic E-state index is 12.9. The minimum absolute atomic E-state index is 0.00872. The van der Waals surface area contributed by atoms with Crippen molar-refractivity contribution in [3.05, 3.63) is 23.7 Å². The number of aromatic carboxylic acids is 1. The van der Waals surface area contributed by atoms with Gasteiger partial charge in [-0.2, -0.15) is 28.4 Å². The number of carboxylic acids is 1. The van der Waals surface area contributed by atoms with Crippen molar-refractivity contribution in [2.45, 2.75) is 45.3 Å². The summed E-state index contributed by atoms with van der Waals surface area (Å²) in [6, 6.07) is 0. The SMILES string of the molecule is Cc1nn(C[C@H]2CC[C@H](C(F)(F)F)CC2)c2c(O)nc(-n3cc(C(=O)O)cn3)nc12. The van der Waals surface area contributed by atoms with Crippen molar-refractivity contribution < 1.29 is 28.2 Å². The standard InChI is InChI=1S/C18H19F3N6O3/c1-9-13-14(15(28)24-17(23-13)27-8-11(6-22-27)16(29)30)26(25-9)7-10-2-4-12(5-3-10)18(19,20)21/h6,8,10,12H,2-5,7H2,1H3,(H,29,30)(H,23,24,28)/t10-,12-. The average Bonchev–Trinajstić information content (AvgIpc) is 3.27. The van der Waals surface area contributed by atoms with Crippen molar-refractivity contribution in [3.63, 3.8) is 0 Å². The summed E-state index contributed by atoms with van der Waals surface area (Å²) < 4.78 is 41.3. The van der Waals surface area contributed by atoms with Crippen LogP contribution >= 0.6 is 0 Å². The van der Waals surface area contributed by atoms with E-state index in [1.165, 1.54) is 10.9 Å². The predicted octanol–water partition coefficient (Wildman–Crippen LogP) is 3.09. The van der Waals surface area contributed by atoms with E-state index in [0.29, 0.717) is 36.1 Å². The van der Waals surface area contributed by atoms with Gasteiger partial charge in [0.25, 0.3) is 5.95 Å². The van der Waals surface area contributed by atoms with Crippen LogP contribution in [0.2, 0.25) is 0 Å². The number of alkyl halides is 3. The molecule has 30 heavy (non-hydrogen) atoms. The number of aromatic hydroxyl groups is 1. The third kappa shape index (κ3) is 3.68. The van der Waals surface area contributed by atoms with Crippen LogP contribution in [0.15, 0.2) is 12.4 Å². The molecule has 3 heterocycles. The lowest BCUT2D eigenvalue weighted by Crippen LogP contribution is -2.29. The molecule has 0 spiro atoms. The van der Waals surface area contributed by atoms with Gasteiger partial charge in [-0.05, 0) is 38.5 Å². The predicted molar refractivity (Wildman–Crippen MR) is 97.3 cm³/mol. The van der Waals surface area contributed by atoms with Gasteiger partial charge in [-0.1, -0.05) is 0 Å². The van der Waals surface area contributed by atoms with E-state index in [1.807, 2.05) is 0 Å². The number of fused-ring (bicyclic) bond motifs is 1. The number of halogens is 3. The summed E-state index contributed by atoms with van der Waals surface area (Å²) in [6.07, 6.45) is -0.767. The first-order valence-electron chi connectivity index (χ1n) is 9.42. The van der Waals surface area contributed by atoms with Crippen molar-refractivity contribution >= 4 is 17.0 Å². The zero-order valence-electron chi connectivity index (χ0n) is 16.0. The van der Waals surface area contributed by atoms with Gasteiger partial charge in [0, 0.05) is 12.7 Å². The lowest BCUT2D eigenvalue weighted by Gasteiger charge is -2.29. The van der Waals surface area contributed by atoms with E-state index < -0.39 is 18.1 Å². The highest BCUT2D eigenvalue weighted by Crippen LogP contribution is 2.40. The first kappa shape index (κ1) is 20.1. The van der Waals surface area contributed by atoms with Gasteiger partial charge in [0.15, 0.2) is 0 Å². The van der Waals surface area contributed by atoms with E-state index in [1.54, 1.807) is 6.92 Å². The van der Waals surface area contributed by atoms with Crippen molar-refractivity contribution in [3.8, 4) is 11.8 Å². The Morgan fingerprint density at radius 2 is 1.93 bits per heavy atom. The molecule has 12 heteroatoms. The lowest BCUT2D eigenvalue weighted by molar-refractivity contribution is -0.184. The number of hydrogen-bond donors (Lipinski definition) is 2. The molecular formula is C18H19F3N6O3. The quantitative estimate of drug-likeness (QED) is 0.661. The largest absolute Gasteiger partial charge is 0.492 e. The minimum atomic E-state index is -4.16. The van der Waals surface area contributed by atoms with Crippen LogP contribution < -0.4 is 0 Å². The molecule has 3 aromatic rings. The lowest BCUT2D eigenvalue weighted by atomic mass is 9.81. The summed E-state index contributed by atoms with van der Waals surface area (Å²) in [6.45, 7) is 2.05. The molecule has 4 rings (SSSR count). The molecule has 0 unspecified atom stereocenters. The van der Waals surface area contributed by atoms with Crippen LogP contribution in [0.4, 0.5) is 13.2 Å². The van der Waals surface area contributed by atoms with Crippen LogP contribution in [0, 0.1) is 18.8 Å². The van der Waals surface area contributed by atoms with Crippen molar-refractivity contribution in [2.75, 3.05) is 0 Å². The number of aryl methyl sites for hydroxylation is 1. The Bertz CT molecular complexity index is 1100. The van der Waals surface area contributed by atoms with Crippen LogP contribution in [0.3, 0.4) is 0 Å². The molecule has 0 radical (unpaired) electrons. The topological polar surface area (TPSA) is 119 Å². The van der Waals surface area contributed by atoms with Crippen molar-refractivity contribution in [1.82, 2.24) is 29.5 Å². The van der Waals surface area contributed by atoms with Gasteiger partial charge in [-0.15, -0.1) is 0 Å². The van der Waals surface area contributed by atoms with Crippen LogP contribution in [0.25, 0.3) is 17.0 Å². The van der Waals surface area contributed by atoms with Gasteiger partial charge >= 0.3 is 12.1 Å². The summed E-state index contributed by atoms with van der Waals surface area (Å²) >= 11 is 0. The van der Waals surface area contributed by atoms with Gasteiger partial charge in [0.2, 0.25) is 5.88 Å². The molecule has 3 aromatic heterocycles. The van der Waals surface area contributed by atoms with Crippen LogP contribution in [0.5, 0.6) is 5.88 Å². The smallest absolute Gasteiger partial charge is 0.391 e. The molecule has 1 fully saturated rings.